The third-order valence-electron chi connectivity index (χ3n) is 5.18. The van der Waals surface area contributed by atoms with Crippen LogP contribution in [0.4, 0.5) is 4.39 Å². The number of carboxylic acid groups (broad SMARTS) is 1. The smallest absolute Gasteiger partial charge is 0.336 e. The highest BCUT2D eigenvalue weighted by molar-refractivity contribution is 6.33. The monoisotopic (exact) mass is 449 g/mol. The molecule has 1 N–H and O–H groups in total. The van der Waals surface area contributed by atoms with Crippen LogP contribution in [0.1, 0.15) is 30.1 Å². The second kappa shape index (κ2) is 9.37. The molecule has 0 unspecified atom stereocenters. The van der Waals surface area contributed by atoms with Gasteiger partial charge in [0.25, 0.3) is 0 Å². The summed E-state index contributed by atoms with van der Waals surface area (Å²) in [6.07, 6.45) is 2.06. The summed E-state index contributed by atoms with van der Waals surface area (Å²) in [6.45, 7) is 2.79. The summed E-state index contributed by atoms with van der Waals surface area (Å²) in [7, 11) is 0. The fraction of sp³-hybridized carbons (Fsp3) is 0.154. The van der Waals surface area contributed by atoms with E-state index in [4.69, 9.17) is 16.3 Å². The molecule has 0 radical (unpaired) electrons. The Morgan fingerprint density at radius 3 is 2.62 bits per heavy atom. The maximum Gasteiger partial charge on any atom is 0.336 e. The van der Waals surface area contributed by atoms with Crippen molar-refractivity contribution in [3.05, 3.63) is 83.1 Å². The third-order valence-corrected chi connectivity index (χ3v) is 5.49. The van der Waals surface area contributed by atoms with Crippen molar-refractivity contribution in [3.8, 4) is 28.1 Å². The summed E-state index contributed by atoms with van der Waals surface area (Å²) >= 11 is 6.59. The Labute approximate surface area is 190 Å². The zero-order chi connectivity index (χ0) is 22.7. The van der Waals surface area contributed by atoms with E-state index >= 15 is 0 Å². The van der Waals surface area contributed by atoms with E-state index in [0.717, 1.165) is 29.7 Å². The van der Waals surface area contributed by atoms with Crippen LogP contribution >= 0.6 is 11.6 Å². The van der Waals surface area contributed by atoms with E-state index < -0.39 is 11.8 Å². The lowest BCUT2D eigenvalue weighted by Crippen LogP contribution is -2.01. The minimum atomic E-state index is -1.16. The molecule has 0 aliphatic heterocycles. The molecule has 1 heterocycles. The van der Waals surface area contributed by atoms with Gasteiger partial charge < -0.3 is 9.84 Å². The second-order valence-electron chi connectivity index (χ2n) is 7.45. The maximum atomic E-state index is 13.6. The Bertz CT molecular complexity index is 1310. The number of rotatable bonds is 7. The molecular weight excluding hydrogens is 429 g/mol. The molecule has 162 valence electrons. The molecule has 0 saturated carbocycles. The van der Waals surface area contributed by atoms with Gasteiger partial charge in [0.15, 0.2) is 0 Å². The largest absolute Gasteiger partial charge is 0.494 e. The number of unbranched alkanes of at least 4 members (excludes halogenated alkanes) is 1. The van der Waals surface area contributed by atoms with Crippen LogP contribution in [0.2, 0.25) is 5.02 Å². The molecule has 0 atom stereocenters. The van der Waals surface area contributed by atoms with Crippen LogP contribution in [-0.4, -0.2) is 22.7 Å². The van der Waals surface area contributed by atoms with E-state index in [2.05, 4.69) is 11.9 Å². The predicted molar refractivity (Wildman–Crippen MR) is 125 cm³/mol. The van der Waals surface area contributed by atoms with Crippen LogP contribution in [0.25, 0.3) is 33.3 Å². The Balaban J connectivity index is 1.71. The predicted octanol–water partition coefficient (Wildman–Crippen LogP) is 7.24. The van der Waals surface area contributed by atoms with Gasteiger partial charge in [0, 0.05) is 10.9 Å². The molecule has 0 saturated heterocycles. The highest BCUT2D eigenvalue weighted by Gasteiger charge is 2.16. The van der Waals surface area contributed by atoms with E-state index in [9.17, 15) is 14.3 Å². The molecule has 0 amide bonds. The highest BCUT2D eigenvalue weighted by atomic mass is 35.5. The zero-order valence-electron chi connectivity index (χ0n) is 17.4. The third kappa shape index (κ3) is 4.58. The summed E-state index contributed by atoms with van der Waals surface area (Å²) in [4.78, 5) is 16.3. The van der Waals surface area contributed by atoms with Crippen molar-refractivity contribution < 1.29 is 19.0 Å². The van der Waals surface area contributed by atoms with Crippen molar-refractivity contribution in [1.82, 2.24) is 4.98 Å². The number of ether oxygens (including phenoxy) is 1. The minimum Gasteiger partial charge on any atom is -0.494 e. The Hall–Kier alpha value is -3.44. The number of fused-ring (bicyclic) bond motifs is 1. The van der Waals surface area contributed by atoms with Crippen molar-refractivity contribution in [2.45, 2.75) is 19.8 Å². The van der Waals surface area contributed by atoms with E-state index in [1.165, 1.54) is 24.3 Å². The lowest BCUT2D eigenvalue weighted by atomic mass is 10.0. The Morgan fingerprint density at radius 2 is 1.88 bits per heavy atom. The molecule has 0 fully saturated rings. The molecule has 6 heteroatoms. The van der Waals surface area contributed by atoms with Crippen molar-refractivity contribution in [2.24, 2.45) is 0 Å². The van der Waals surface area contributed by atoms with Gasteiger partial charge in [-0.1, -0.05) is 49.2 Å². The topological polar surface area (TPSA) is 59.4 Å². The van der Waals surface area contributed by atoms with E-state index in [0.29, 0.717) is 28.4 Å². The van der Waals surface area contributed by atoms with Gasteiger partial charge in [-0.15, -0.1) is 0 Å². The van der Waals surface area contributed by atoms with Gasteiger partial charge in [-0.25, -0.2) is 14.2 Å². The van der Waals surface area contributed by atoms with Gasteiger partial charge in [0.2, 0.25) is 0 Å². The first-order valence-electron chi connectivity index (χ1n) is 10.3. The standard InChI is InChI=1S/C26H21ClFNO3/c1-2-3-11-32-19-6-4-5-16(12-19)17-7-9-20(23(27)13-17)25-15-22(26(30)31)21-14-18(28)8-10-24(21)29-25/h4-10,12-15H,2-3,11H2,1H3,(H,30,31). The van der Waals surface area contributed by atoms with Crippen LogP contribution in [-0.2, 0) is 0 Å². The van der Waals surface area contributed by atoms with Gasteiger partial charge in [0.05, 0.1) is 28.4 Å². The number of aromatic nitrogens is 1. The first-order chi connectivity index (χ1) is 15.5. The molecule has 4 nitrogen and oxygen atoms in total. The SMILES string of the molecule is CCCCOc1cccc(-c2ccc(-c3cc(C(=O)O)c4cc(F)ccc4n3)c(Cl)c2)c1. The van der Waals surface area contributed by atoms with Gasteiger partial charge in [-0.3, -0.25) is 0 Å². The summed E-state index contributed by atoms with van der Waals surface area (Å²) in [5.41, 5.74) is 3.23. The molecular formula is C26H21ClFNO3. The molecule has 4 rings (SSSR count). The first kappa shape index (κ1) is 21.8. The number of hydrogen-bond acceptors (Lipinski definition) is 3. The molecule has 0 aliphatic carbocycles. The molecule has 0 bridgehead atoms. The molecule has 0 spiro atoms. The van der Waals surface area contributed by atoms with Crippen LogP contribution in [0.15, 0.2) is 66.7 Å². The number of benzene rings is 3. The summed E-state index contributed by atoms with van der Waals surface area (Å²) in [5, 5.41) is 10.3. The summed E-state index contributed by atoms with van der Waals surface area (Å²) < 4.78 is 19.4. The number of halogens is 2. The number of hydrogen-bond donors (Lipinski definition) is 1. The van der Waals surface area contributed by atoms with E-state index in [1.54, 1.807) is 0 Å². The fourth-order valence-electron chi connectivity index (χ4n) is 3.52. The van der Waals surface area contributed by atoms with Gasteiger partial charge in [0.1, 0.15) is 11.6 Å². The molecule has 4 aromatic rings. The zero-order valence-corrected chi connectivity index (χ0v) is 18.2. The van der Waals surface area contributed by atoms with E-state index in [1.807, 2.05) is 42.5 Å². The Morgan fingerprint density at radius 1 is 1.06 bits per heavy atom. The van der Waals surface area contributed by atoms with Gasteiger partial charge >= 0.3 is 5.97 Å². The van der Waals surface area contributed by atoms with Crippen molar-refractivity contribution in [3.63, 3.8) is 0 Å². The number of pyridine rings is 1. The number of carboxylic acids is 1. The van der Waals surface area contributed by atoms with Crippen LogP contribution in [0, 0.1) is 5.82 Å². The molecule has 0 aliphatic rings. The van der Waals surface area contributed by atoms with Crippen molar-refractivity contribution in [2.75, 3.05) is 6.61 Å². The molecule has 32 heavy (non-hydrogen) atoms. The number of aromatic carboxylic acids is 1. The summed E-state index contributed by atoms with van der Waals surface area (Å²) in [6, 6.07) is 18.6. The number of nitrogens with zero attached hydrogens (tertiary/aromatic N) is 1. The molecule has 1 aromatic heterocycles. The van der Waals surface area contributed by atoms with E-state index in [-0.39, 0.29) is 10.9 Å². The highest BCUT2D eigenvalue weighted by Crippen LogP contribution is 2.34. The van der Waals surface area contributed by atoms with Crippen LogP contribution in [0.3, 0.4) is 0 Å². The average Bonchev–Trinajstić information content (AvgIpc) is 2.78. The minimum absolute atomic E-state index is 0.0263. The maximum absolute atomic E-state index is 13.6. The second-order valence-corrected chi connectivity index (χ2v) is 7.85. The lowest BCUT2D eigenvalue weighted by molar-refractivity contribution is 0.0699. The Kier molecular flexibility index (Phi) is 6.37. The van der Waals surface area contributed by atoms with Gasteiger partial charge in [-0.05, 0) is 60.0 Å². The summed E-state index contributed by atoms with van der Waals surface area (Å²) in [5.74, 6) is -0.875. The number of carbonyl (C=O) groups is 1. The van der Waals surface area contributed by atoms with Crippen molar-refractivity contribution in [1.29, 1.82) is 0 Å². The van der Waals surface area contributed by atoms with Crippen LogP contribution < -0.4 is 4.74 Å². The fourth-order valence-corrected chi connectivity index (χ4v) is 3.79. The molecule has 3 aromatic carbocycles. The first-order valence-corrected chi connectivity index (χ1v) is 10.7. The van der Waals surface area contributed by atoms with Crippen molar-refractivity contribution >= 4 is 28.5 Å². The quantitative estimate of drug-likeness (QED) is 0.302. The normalized spacial score (nSPS) is 11.0. The lowest BCUT2D eigenvalue weighted by Gasteiger charge is -2.11. The van der Waals surface area contributed by atoms with Gasteiger partial charge in [-0.2, -0.15) is 0 Å². The van der Waals surface area contributed by atoms with Crippen LogP contribution in [0.5, 0.6) is 5.75 Å². The average molecular weight is 450 g/mol.